The molecular formula is C13H13Cl2N3O. The molecule has 0 unspecified atom stereocenters. The van der Waals surface area contributed by atoms with Crippen molar-refractivity contribution < 1.29 is 4.79 Å². The van der Waals surface area contributed by atoms with Crippen LogP contribution in [0.4, 0.5) is 0 Å². The molecule has 0 spiro atoms. The largest absolute Gasteiger partial charge is 0.350 e. The maximum Gasteiger partial charge on any atom is 0.269 e. The Morgan fingerprint density at radius 1 is 1.42 bits per heavy atom. The van der Waals surface area contributed by atoms with Crippen molar-refractivity contribution in [1.29, 1.82) is 0 Å². The molecule has 2 N–H and O–H groups in total. The van der Waals surface area contributed by atoms with Gasteiger partial charge >= 0.3 is 0 Å². The Bertz CT molecular complexity index is 595. The number of aromatic amines is 1. The summed E-state index contributed by atoms with van der Waals surface area (Å²) >= 11 is 11.9. The van der Waals surface area contributed by atoms with E-state index in [2.05, 4.69) is 15.5 Å². The van der Waals surface area contributed by atoms with E-state index in [1.165, 1.54) is 0 Å². The minimum Gasteiger partial charge on any atom is -0.350 e. The number of hydrogen-bond donors (Lipinski definition) is 2. The van der Waals surface area contributed by atoms with E-state index < -0.39 is 0 Å². The lowest BCUT2D eigenvalue weighted by Crippen LogP contribution is -2.26. The molecule has 0 saturated carbocycles. The second-order valence-electron chi connectivity index (χ2n) is 4.17. The first-order valence-corrected chi connectivity index (χ1v) is 6.55. The predicted octanol–water partition coefficient (Wildman–Crippen LogP) is 3.00. The van der Waals surface area contributed by atoms with Gasteiger partial charge in [0.05, 0.1) is 6.20 Å². The first kappa shape index (κ1) is 13.9. The highest BCUT2D eigenvalue weighted by atomic mass is 35.5. The Morgan fingerprint density at radius 3 is 2.84 bits per heavy atom. The molecule has 1 aromatic carbocycles. The maximum atomic E-state index is 11.8. The Hall–Kier alpha value is -1.52. The number of amides is 1. The number of nitrogens with zero attached hydrogens (tertiary/aromatic N) is 1. The van der Waals surface area contributed by atoms with Crippen molar-refractivity contribution in [3.63, 3.8) is 0 Å². The molecule has 1 aromatic heterocycles. The Kier molecular flexibility index (Phi) is 4.45. The van der Waals surface area contributed by atoms with Gasteiger partial charge in [-0.05, 0) is 36.6 Å². The predicted molar refractivity (Wildman–Crippen MR) is 75.8 cm³/mol. The highest BCUT2D eigenvalue weighted by molar-refractivity contribution is 6.35. The lowest BCUT2D eigenvalue weighted by Gasteiger charge is -2.06. The third kappa shape index (κ3) is 3.49. The smallest absolute Gasteiger partial charge is 0.269 e. The normalized spacial score (nSPS) is 10.5. The number of halogens is 2. The Morgan fingerprint density at radius 2 is 2.21 bits per heavy atom. The zero-order valence-electron chi connectivity index (χ0n) is 10.3. The molecule has 100 valence electrons. The number of benzene rings is 1. The lowest BCUT2D eigenvalue weighted by atomic mass is 10.1. The number of nitrogens with one attached hydrogen (secondary N) is 2. The highest BCUT2D eigenvalue weighted by Gasteiger charge is 2.10. The maximum absolute atomic E-state index is 11.8. The minimum absolute atomic E-state index is 0.167. The van der Waals surface area contributed by atoms with Crippen LogP contribution in [0.15, 0.2) is 24.4 Å². The number of rotatable bonds is 4. The number of aryl methyl sites for hydroxylation is 1. The number of H-pyrrole nitrogens is 1. The molecule has 0 aliphatic heterocycles. The minimum atomic E-state index is -0.167. The van der Waals surface area contributed by atoms with Crippen LogP contribution in [-0.4, -0.2) is 22.6 Å². The van der Waals surface area contributed by atoms with Gasteiger partial charge in [-0.15, -0.1) is 0 Å². The van der Waals surface area contributed by atoms with Gasteiger partial charge in [-0.3, -0.25) is 9.89 Å². The molecule has 0 saturated heterocycles. The molecule has 1 amide bonds. The number of aromatic nitrogens is 2. The summed E-state index contributed by atoms with van der Waals surface area (Å²) in [6.45, 7) is 2.33. The van der Waals surface area contributed by atoms with Gasteiger partial charge in [-0.2, -0.15) is 5.10 Å². The van der Waals surface area contributed by atoms with Gasteiger partial charge in [0.25, 0.3) is 5.91 Å². The van der Waals surface area contributed by atoms with Crippen LogP contribution in [-0.2, 0) is 6.42 Å². The van der Waals surface area contributed by atoms with E-state index in [0.717, 1.165) is 11.1 Å². The third-order valence-corrected chi connectivity index (χ3v) is 3.34. The van der Waals surface area contributed by atoms with E-state index in [1.807, 2.05) is 13.0 Å². The zero-order chi connectivity index (χ0) is 13.8. The fraction of sp³-hybridized carbons (Fsp3) is 0.231. The SMILES string of the molecule is Cc1cn[nH]c1C(=O)NCCc1ccc(Cl)cc1Cl. The molecule has 0 aliphatic rings. The molecule has 0 atom stereocenters. The summed E-state index contributed by atoms with van der Waals surface area (Å²) in [7, 11) is 0. The van der Waals surface area contributed by atoms with Crippen LogP contribution in [0.25, 0.3) is 0 Å². The van der Waals surface area contributed by atoms with E-state index in [1.54, 1.807) is 18.3 Å². The van der Waals surface area contributed by atoms with Crippen LogP contribution in [0.3, 0.4) is 0 Å². The molecule has 0 bridgehead atoms. The van der Waals surface area contributed by atoms with Crippen molar-refractivity contribution in [3.8, 4) is 0 Å². The lowest BCUT2D eigenvalue weighted by molar-refractivity contribution is 0.0948. The average molecular weight is 298 g/mol. The number of carbonyl (C=O) groups is 1. The Balaban J connectivity index is 1.90. The molecule has 2 rings (SSSR count). The van der Waals surface area contributed by atoms with Gasteiger partial charge in [0.1, 0.15) is 5.69 Å². The molecule has 19 heavy (non-hydrogen) atoms. The van der Waals surface area contributed by atoms with Gasteiger partial charge in [0.15, 0.2) is 0 Å². The summed E-state index contributed by atoms with van der Waals surface area (Å²) in [6, 6.07) is 5.33. The standard InChI is InChI=1S/C13H13Cl2N3O/c1-8-7-17-18-12(8)13(19)16-5-4-9-2-3-10(14)6-11(9)15/h2-3,6-7H,4-5H2,1H3,(H,16,19)(H,17,18). The van der Waals surface area contributed by atoms with Gasteiger partial charge in [-0.1, -0.05) is 29.3 Å². The van der Waals surface area contributed by atoms with E-state index in [9.17, 15) is 4.79 Å². The van der Waals surface area contributed by atoms with Crippen molar-refractivity contribution >= 4 is 29.1 Å². The fourth-order valence-corrected chi connectivity index (χ4v) is 2.20. The van der Waals surface area contributed by atoms with Crippen LogP contribution in [0.1, 0.15) is 21.6 Å². The van der Waals surface area contributed by atoms with Gasteiger partial charge in [0, 0.05) is 16.6 Å². The Labute approximate surface area is 121 Å². The molecule has 1 heterocycles. The highest BCUT2D eigenvalue weighted by Crippen LogP contribution is 2.21. The van der Waals surface area contributed by atoms with Crippen molar-refractivity contribution in [2.24, 2.45) is 0 Å². The summed E-state index contributed by atoms with van der Waals surface area (Å²) in [4.78, 5) is 11.8. The van der Waals surface area contributed by atoms with Crippen LogP contribution in [0.2, 0.25) is 10.0 Å². The summed E-state index contributed by atoms with van der Waals surface area (Å²) < 4.78 is 0. The summed E-state index contributed by atoms with van der Waals surface area (Å²) in [5.41, 5.74) is 2.26. The van der Waals surface area contributed by atoms with Crippen molar-refractivity contribution in [2.45, 2.75) is 13.3 Å². The first-order chi connectivity index (χ1) is 9.08. The molecule has 0 fully saturated rings. The van der Waals surface area contributed by atoms with Gasteiger partial charge in [0.2, 0.25) is 0 Å². The monoisotopic (exact) mass is 297 g/mol. The van der Waals surface area contributed by atoms with E-state index in [0.29, 0.717) is 28.7 Å². The van der Waals surface area contributed by atoms with E-state index in [4.69, 9.17) is 23.2 Å². The van der Waals surface area contributed by atoms with E-state index in [-0.39, 0.29) is 5.91 Å². The second-order valence-corrected chi connectivity index (χ2v) is 5.01. The zero-order valence-corrected chi connectivity index (χ0v) is 11.8. The summed E-state index contributed by atoms with van der Waals surface area (Å²) in [6.07, 6.45) is 2.26. The third-order valence-electron chi connectivity index (χ3n) is 2.75. The van der Waals surface area contributed by atoms with E-state index >= 15 is 0 Å². The van der Waals surface area contributed by atoms with Gasteiger partial charge < -0.3 is 5.32 Å². The molecule has 2 aromatic rings. The van der Waals surface area contributed by atoms with Gasteiger partial charge in [-0.25, -0.2) is 0 Å². The van der Waals surface area contributed by atoms with Crippen molar-refractivity contribution in [3.05, 3.63) is 51.3 Å². The first-order valence-electron chi connectivity index (χ1n) is 5.80. The second kappa shape index (κ2) is 6.08. The molecule has 0 radical (unpaired) electrons. The molecule has 0 aliphatic carbocycles. The topological polar surface area (TPSA) is 57.8 Å². The van der Waals surface area contributed by atoms with Crippen molar-refractivity contribution in [1.82, 2.24) is 15.5 Å². The fourth-order valence-electron chi connectivity index (χ4n) is 1.70. The number of hydrogen-bond acceptors (Lipinski definition) is 2. The summed E-state index contributed by atoms with van der Waals surface area (Å²) in [5, 5.41) is 10.5. The average Bonchev–Trinajstić information content (AvgIpc) is 2.78. The van der Waals surface area contributed by atoms with Crippen molar-refractivity contribution in [2.75, 3.05) is 6.54 Å². The number of carbonyl (C=O) groups excluding carboxylic acids is 1. The molecular weight excluding hydrogens is 285 g/mol. The van der Waals surface area contributed by atoms with Crippen LogP contribution >= 0.6 is 23.2 Å². The molecule has 6 heteroatoms. The molecule has 4 nitrogen and oxygen atoms in total. The quantitative estimate of drug-likeness (QED) is 0.911. The van der Waals surface area contributed by atoms with Crippen LogP contribution < -0.4 is 5.32 Å². The summed E-state index contributed by atoms with van der Waals surface area (Å²) in [5.74, 6) is -0.167. The van der Waals surface area contributed by atoms with Crippen LogP contribution in [0, 0.1) is 6.92 Å². The van der Waals surface area contributed by atoms with Crippen LogP contribution in [0.5, 0.6) is 0 Å².